The van der Waals surface area contributed by atoms with E-state index in [-0.39, 0.29) is 13.0 Å². The molecule has 2 heterocycles. The number of alkyl halides is 3. The molecule has 4 nitrogen and oxygen atoms in total. The van der Waals surface area contributed by atoms with Crippen LogP contribution in [0.25, 0.3) is 5.65 Å². The van der Waals surface area contributed by atoms with Crippen LogP contribution in [0.5, 0.6) is 0 Å². The van der Waals surface area contributed by atoms with E-state index >= 15 is 0 Å². The first kappa shape index (κ1) is 13.6. The van der Waals surface area contributed by atoms with Crippen LogP contribution in [0.1, 0.15) is 25.5 Å². The molecule has 0 aliphatic rings. The number of aromatic nitrogens is 3. The molecule has 1 N–H and O–H groups in total. The van der Waals surface area contributed by atoms with Crippen LogP contribution in [0.4, 0.5) is 19.0 Å². The van der Waals surface area contributed by atoms with Crippen molar-refractivity contribution in [1.82, 2.24) is 14.6 Å². The third kappa shape index (κ3) is 3.59. The Morgan fingerprint density at radius 1 is 1.37 bits per heavy atom. The highest BCUT2D eigenvalue weighted by Gasteiger charge is 2.25. The number of hydrogen-bond donors (Lipinski definition) is 1. The van der Waals surface area contributed by atoms with Gasteiger partial charge in [0.15, 0.2) is 5.65 Å². The summed E-state index contributed by atoms with van der Waals surface area (Å²) < 4.78 is 37.7. The lowest BCUT2D eigenvalue weighted by molar-refractivity contribution is -0.134. The van der Waals surface area contributed by atoms with Crippen molar-refractivity contribution in [3.8, 4) is 0 Å². The minimum Gasteiger partial charge on any atom is -0.370 e. The summed E-state index contributed by atoms with van der Waals surface area (Å²) >= 11 is 0. The quantitative estimate of drug-likeness (QED) is 0.851. The van der Waals surface area contributed by atoms with Gasteiger partial charge in [-0.2, -0.15) is 22.8 Å². The summed E-state index contributed by atoms with van der Waals surface area (Å²) in [6, 6.07) is 3.58. The van der Waals surface area contributed by atoms with E-state index in [1.165, 1.54) is 0 Å². The Hall–Kier alpha value is -1.79. The van der Waals surface area contributed by atoms with Gasteiger partial charge in [0.05, 0.1) is 6.20 Å². The summed E-state index contributed by atoms with van der Waals surface area (Å²) in [5, 5.41) is 7.07. The molecule has 0 amide bonds. The first-order chi connectivity index (χ1) is 8.99. The first-order valence-electron chi connectivity index (χ1n) is 6.14. The van der Waals surface area contributed by atoms with Gasteiger partial charge in [-0.3, -0.25) is 0 Å². The van der Waals surface area contributed by atoms with E-state index in [0.29, 0.717) is 11.5 Å². The van der Waals surface area contributed by atoms with Gasteiger partial charge in [0.25, 0.3) is 0 Å². The number of halogens is 3. The number of rotatable bonds is 5. The fourth-order valence-electron chi connectivity index (χ4n) is 1.78. The molecule has 0 saturated heterocycles. The third-order valence-corrected chi connectivity index (χ3v) is 2.72. The molecule has 0 atom stereocenters. The van der Waals surface area contributed by atoms with Gasteiger partial charge in [-0.05, 0) is 12.8 Å². The molecule has 7 heteroatoms. The smallest absolute Gasteiger partial charge is 0.370 e. The summed E-state index contributed by atoms with van der Waals surface area (Å²) in [6.07, 6.45) is -2.47. The number of nitrogens with one attached hydrogen (secondary N) is 1. The van der Waals surface area contributed by atoms with Crippen molar-refractivity contribution in [1.29, 1.82) is 0 Å². The second kappa shape index (κ2) is 5.46. The van der Waals surface area contributed by atoms with Crippen LogP contribution in [0.2, 0.25) is 0 Å². The number of hydrogen-bond acceptors (Lipinski definition) is 3. The first-order valence-corrected chi connectivity index (χ1v) is 6.14. The number of nitrogens with zero attached hydrogens (tertiary/aromatic N) is 3. The monoisotopic (exact) mass is 272 g/mol. The van der Waals surface area contributed by atoms with Crippen LogP contribution >= 0.6 is 0 Å². The summed E-state index contributed by atoms with van der Waals surface area (Å²) in [4.78, 5) is 4.36. The van der Waals surface area contributed by atoms with Crippen molar-refractivity contribution in [2.75, 3.05) is 11.9 Å². The summed E-state index contributed by atoms with van der Waals surface area (Å²) in [5.41, 5.74) is 1.57. The predicted molar refractivity (Wildman–Crippen MR) is 66.1 cm³/mol. The Kier molecular flexibility index (Phi) is 3.92. The molecule has 0 bridgehead atoms. The average Bonchev–Trinajstić information content (AvgIpc) is 2.81. The Bertz CT molecular complexity index is 547. The molecule has 2 aromatic rings. The second-order valence-corrected chi connectivity index (χ2v) is 4.23. The molecule has 104 valence electrons. The van der Waals surface area contributed by atoms with E-state index in [0.717, 1.165) is 12.1 Å². The third-order valence-electron chi connectivity index (χ3n) is 2.72. The Labute approximate surface area is 108 Å². The topological polar surface area (TPSA) is 42.2 Å². The average molecular weight is 272 g/mol. The molecule has 2 rings (SSSR count). The van der Waals surface area contributed by atoms with Crippen LogP contribution < -0.4 is 5.32 Å². The van der Waals surface area contributed by atoms with Crippen LogP contribution in [-0.2, 0) is 6.42 Å². The van der Waals surface area contributed by atoms with Crippen molar-refractivity contribution < 1.29 is 13.2 Å². The molecule has 2 aromatic heterocycles. The molecule has 0 fully saturated rings. The number of aryl methyl sites for hydroxylation is 1. The van der Waals surface area contributed by atoms with Crippen LogP contribution in [0, 0.1) is 0 Å². The Morgan fingerprint density at radius 2 is 2.16 bits per heavy atom. The van der Waals surface area contributed by atoms with E-state index in [9.17, 15) is 13.2 Å². The lowest BCUT2D eigenvalue weighted by Gasteiger charge is -2.10. The van der Waals surface area contributed by atoms with Crippen molar-refractivity contribution in [2.24, 2.45) is 0 Å². The minimum atomic E-state index is -4.10. The van der Waals surface area contributed by atoms with Gasteiger partial charge in [0.2, 0.25) is 0 Å². The van der Waals surface area contributed by atoms with Gasteiger partial charge in [-0.25, -0.2) is 4.98 Å². The van der Waals surface area contributed by atoms with Gasteiger partial charge in [-0.15, -0.1) is 0 Å². The van der Waals surface area contributed by atoms with Crippen molar-refractivity contribution in [2.45, 2.75) is 32.4 Å². The maximum atomic E-state index is 12.0. The van der Waals surface area contributed by atoms with E-state index in [1.54, 1.807) is 16.8 Å². The molecule has 0 spiro atoms. The van der Waals surface area contributed by atoms with E-state index in [1.807, 2.05) is 13.0 Å². The van der Waals surface area contributed by atoms with Gasteiger partial charge < -0.3 is 5.32 Å². The molecular formula is C12H15F3N4. The summed E-state index contributed by atoms with van der Waals surface area (Å²) in [7, 11) is 0. The van der Waals surface area contributed by atoms with Gasteiger partial charge in [0, 0.05) is 30.8 Å². The Balaban J connectivity index is 2.05. The van der Waals surface area contributed by atoms with Gasteiger partial charge in [0.1, 0.15) is 5.82 Å². The SMILES string of the molecule is CCc1cc(NCCCC(F)(F)F)n2nccc2n1. The molecular weight excluding hydrogens is 257 g/mol. The normalized spacial score (nSPS) is 12.0. The minimum absolute atomic E-state index is 0.0377. The molecule has 19 heavy (non-hydrogen) atoms. The van der Waals surface area contributed by atoms with E-state index in [2.05, 4.69) is 15.4 Å². The van der Waals surface area contributed by atoms with E-state index in [4.69, 9.17) is 0 Å². The Morgan fingerprint density at radius 3 is 2.84 bits per heavy atom. The predicted octanol–water partition coefficient (Wildman–Crippen LogP) is 3.05. The van der Waals surface area contributed by atoms with Crippen LogP contribution in [0.3, 0.4) is 0 Å². The zero-order chi connectivity index (χ0) is 13.9. The van der Waals surface area contributed by atoms with Gasteiger partial charge in [-0.1, -0.05) is 6.92 Å². The lowest BCUT2D eigenvalue weighted by Crippen LogP contribution is -2.13. The van der Waals surface area contributed by atoms with Crippen molar-refractivity contribution >= 4 is 11.5 Å². The highest BCUT2D eigenvalue weighted by molar-refractivity contribution is 5.49. The fraction of sp³-hybridized carbons (Fsp3) is 0.500. The summed E-state index contributed by atoms with van der Waals surface area (Å²) in [5.74, 6) is 0.675. The highest BCUT2D eigenvalue weighted by Crippen LogP contribution is 2.21. The van der Waals surface area contributed by atoms with Crippen molar-refractivity contribution in [3.05, 3.63) is 24.0 Å². The molecule has 0 radical (unpaired) electrons. The maximum absolute atomic E-state index is 12.0. The van der Waals surface area contributed by atoms with Gasteiger partial charge >= 0.3 is 6.18 Å². The number of fused-ring (bicyclic) bond motifs is 1. The van der Waals surface area contributed by atoms with Crippen LogP contribution in [-0.4, -0.2) is 27.3 Å². The standard InChI is InChI=1S/C12H15F3N4/c1-2-9-8-11(16-6-3-5-12(13,14)15)19-10(18-9)4-7-17-19/h4,7-8,16H,2-3,5-6H2,1H3. The maximum Gasteiger partial charge on any atom is 0.389 e. The molecule has 0 aliphatic heterocycles. The molecule has 0 saturated carbocycles. The van der Waals surface area contributed by atoms with Crippen LogP contribution in [0.15, 0.2) is 18.3 Å². The summed E-state index contributed by atoms with van der Waals surface area (Å²) in [6.45, 7) is 2.23. The van der Waals surface area contributed by atoms with E-state index < -0.39 is 12.6 Å². The highest BCUT2D eigenvalue weighted by atomic mass is 19.4. The molecule has 0 aliphatic carbocycles. The number of anilines is 1. The second-order valence-electron chi connectivity index (χ2n) is 4.23. The lowest BCUT2D eigenvalue weighted by atomic mass is 10.3. The largest absolute Gasteiger partial charge is 0.389 e. The fourth-order valence-corrected chi connectivity index (χ4v) is 1.78. The molecule has 0 unspecified atom stereocenters. The zero-order valence-electron chi connectivity index (χ0n) is 10.5. The zero-order valence-corrected chi connectivity index (χ0v) is 10.5. The molecule has 0 aromatic carbocycles. The van der Waals surface area contributed by atoms with Crippen molar-refractivity contribution in [3.63, 3.8) is 0 Å².